The van der Waals surface area contributed by atoms with E-state index in [0.717, 1.165) is 27.8 Å². The molecular formula is C47H60N4O8. The molecule has 2 aliphatic rings. The van der Waals surface area contributed by atoms with Gasteiger partial charge in [-0.05, 0) is 93.0 Å². The lowest BCUT2D eigenvalue weighted by molar-refractivity contribution is -0.156. The Balaban J connectivity index is 1.24. The molecule has 12 heteroatoms. The molecule has 59 heavy (non-hydrogen) atoms. The van der Waals surface area contributed by atoms with Gasteiger partial charge in [-0.15, -0.1) is 0 Å². The van der Waals surface area contributed by atoms with E-state index in [9.17, 15) is 24.0 Å². The second-order valence-corrected chi connectivity index (χ2v) is 16.7. The molecule has 3 aromatic carbocycles. The predicted molar refractivity (Wildman–Crippen MR) is 226 cm³/mol. The fraction of sp³-hybridized carbons (Fsp3) is 0.468. The van der Waals surface area contributed by atoms with Gasteiger partial charge in [0.1, 0.15) is 24.4 Å². The second kappa shape index (κ2) is 20.9. The molecule has 0 bridgehead atoms. The van der Waals surface area contributed by atoms with Crippen molar-refractivity contribution in [2.75, 3.05) is 26.8 Å². The number of likely N-dealkylation sites (tertiary alicyclic amines) is 1. The molecule has 3 aromatic rings. The minimum atomic E-state index is -0.989. The van der Waals surface area contributed by atoms with E-state index in [1.165, 1.54) is 12.0 Å². The van der Waals surface area contributed by atoms with Gasteiger partial charge in [0, 0.05) is 19.0 Å². The number of rotatable bonds is 18. The van der Waals surface area contributed by atoms with Crippen molar-refractivity contribution in [2.45, 2.75) is 103 Å². The van der Waals surface area contributed by atoms with E-state index in [-0.39, 0.29) is 43.4 Å². The van der Waals surface area contributed by atoms with Gasteiger partial charge in [0.05, 0.1) is 19.1 Å². The molecule has 0 radical (unpaired) electrons. The number of carbonyl (C=O) groups is 5. The zero-order valence-electron chi connectivity index (χ0n) is 35.2. The van der Waals surface area contributed by atoms with Crippen molar-refractivity contribution < 1.29 is 38.2 Å². The van der Waals surface area contributed by atoms with E-state index >= 15 is 0 Å². The first-order chi connectivity index (χ1) is 28.3. The van der Waals surface area contributed by atoms with Gasteiger partial charge in [0.25, 0.3) is 0 Å². The molecule has 12 nitrogen and oxygen atoms in total. The van der Waals surface area contributed by atoms with Crippen molar-refractivity contribution in [3.8, 4) is 11.1 Å². The van der Waals surface area contributed by atoms with Gasteiger partial charge in [-0.2, -0.15) is 0 Å². The van der Waals surface area contributed by atoms with Crippen LogP contribution >= 0.6 is 0 Å². The maximum atomic E-state index is 14.6. The smallest absolute Gasteiger partial charge is 0.408 e. The number of amides is 4. The molecule has 0 aromatic heterocycles. The summed E-state index contributed by atoms with van der Waals surface area (Å²) in [7, 11) is 1.27. The SMILES string of the molecule is COC(=O)C(CCCNC(=O)OCC1c2ccccc2-c2ccccc21)N(C=O)[C@@H]1CCCN1C(=O)[C@@H](/C=C/[C@H](CC(C)C)NC(=O)OC(C)(C)C)Cc1ccccc1. The van der Waals surface area contributed by atoms with Crippen molar-refractivity contribution in [1.29, 1.82) is 0 Å². The van der Waals surface area contributed by atoms with E-state index in [0.29, 0.717) is 45.1 Å². The molecule has 4 amide bonds. The van der Waals surface area contributed by atoms with Crippen LogP contribution in [-0.4, -0.2) is 90.9 Å². The van der Waals surface area contributed by atoms with Crippen LogP contribution in [0, 0.1) is 11.8 Å². The van der Waals surface area contributed by atoms with Crippen LogP contribution in [0.15, 0.2) is 91.0 Å². The van der Waals surface area contributed by atoms with Crippen LogP contribution in [0.5, 0.6) is 0 Å². The summed E-state index contributed by atoms with van der Waals surface area (Å²) in [5.74, 6) is -1.26. The van der Waals surface area contributed by atoms with Crippen LogP contribution in [0.25, 0.3) is 11.1 Å². The monoisotopic (exact) mass is 808 g/mol. The summed E-state index contributed by atoms with van der Waals surface area (Å²) in [5, 5.41) is 5.74. The first-order valence-electron chi connectivity index (χ1n) is 20.7. The molecule has 0 spiro atoms. The zero-order valence-corrected chi connectivity index (χ0v) is 35.2. The maximum absolute atomic E-state index is 14.6. The van der Waals surface area contributed by atoms with E-state index in [1.54, 1.807) is 25.7 Å². The molecule has 5 rings (SSSR count). The quantitative estimate of drug-likeness (QED) is 0.0440. The summed E-state index contributed by atoms with van der Waals surface area (Å²) >= 11 is 0. The number of esters is 1. The van der Waals surface area contributed by atoms with Gasteiger partial charge < -0.3 is 34.6 Å². The van der Waals surface area contributed by atoms with Crippen LogP contribution in [0.3, 0.4) is 0 Å². The van der Waals surface area contributed by atoms with Gasteiger partial charge in [0.15, 0.2) is 0 Å². The Hall–Kier alpha value is -5.65. The lowest BCUT2D eigenvalue weighted by atomic mass is 9.95. The van der Waals surface area contributed by atoms with Gasteiger partial charge in [-0.3, -0.25) is 9.59 Å². The molecule has 1 aliphatic heterocycles. The van der Waals surface area contributed by atoms with Crippen molar-refractivity contribution in [3.63, 3.8) is 0 Å². The Kier molecular flexibility index (Phi) is 15.7. The highest BCUT2D eigenvalue weighted by molar-refractivity contribution is 5.83. The van der Waals surface area contributed by atoms with Crippen LogP contribution < -0.4 is 10.6 Å². The number of fused-ring (bicyclic) bond motifs is 3. The van der Waals surface area contributed by atoms with Crippen LogP contribution in [0.2, 0.25) is 0 Å². The fourth-order valence-corrected chi connectivity index (χ4v) is 8.07. The summed E-state index contributed by atoms with van der Waals surface area (Å²) in [5.41, 5.74) is 4.79. The number of ether oxygens (including phenoxy) is 3. The summed E-state index contributed by atoms with van der Waals surface area (Å²) in [4.78, 5) is 69.3. The van der Waals surface area contributed by atoms with E-state index in [4.69, 9.17) is 14.2 Å². The Bertz CT molecular complexity index is 1880. The number of methoxy groups -OCH3 is 1. The molecule has 1 heterocycles. The third-order valence-corrected chi connectivity index (χ3v) is 10.7. The third-order valence-electron chi connectivity index (χ3n) is 10.7. The minimum absolute atomic E-state index is 0.0757. The van der Waals surface area contributed by atoms with E-state index < -0.39 is 41.9 Å². The van der Waals surface area contributed by atoms with Gasteiger partial charge in [-0.25, -0.2) is 14.4 Å². The van der Waals surface area contributed by atoms with E-state index in [1.807, 2.05) is 66.7 Å². The molecular weight excluding hydrogens is 749 g/mol. The lowest BCUT2D eigenvalue weighted by Crippen LogP contribution is -2.54. The van der Waals surface area contributed by atoms with Gasteiger partial charge in [-0.1, -0.05) is 105 Å². The molecule has 316 valence electrons. The summed E-state index contributed by atoms with van der Waals surface area (Å²) < 4.78 is 16.4. The average Bonchev–Trinajstić information content (AvgIpc) is 3.82. The summed E-state index contributed by atoms with van der Waals surface area (Å²) in [6.45, 7) is 10.3. The van der Waals surface area contributed by atoms with Crippen LogP contribution in [-0.2, 0) is 35.0 Å². The standard InChI is InChI=1S/C47H60N4O8/c1-32(2)28-35(49-46(56)59-47(3,4)5)25-24-34(29-33-16-8-7-9-17-33)43(53)50-27-15-23-42(50)51(31-52)41(44(54)57-6)22-14-26-48-45(55)58-30-40-38-20-12-10-18-36(38)37-19-11-13-21-39(37)40/h7-13,16-21,24-25,31-32,34-35,40-42H,14-15,22-23,26-30H2,1-6H3,(H,48,55)(H,49,56)/b25-24+/t34-,35+,41?,42+/m0/s1. The topological polar surface area (TPSA) is 144 Å². The average molecular weight is 809 g/mol. The Labute approximate surface area is 348 Å². The first-order valence-corrected chi connectivity index (χ1v) is 20.7. The lowest BCUT2D eigenvalue weighted by Gasteiger charge is -2.37. The summed E-state index contributed by atoms with van der Waals surface area (Å²) in [6.07, 6.45) is 5.19. The zero-order chi connectivity index (χ0) is 42.5. The third kappa shape index (κ3) is 12.2. The Morgan fingerprint density at radius 2 is 1.54 bits per heavy atom. The largest absolute Gasteiger partial charge is 0.467 e. The molecule has 0 saturated carbocycles. The van der Waals surface area contributed by atoms with Crippen molar-refractivity contribution in [1.82, 2.24) is 20.4 Å². The number of carbonyl (C=O) groups excluding carboxylic acids is 5. The molecule has 1 fully saturated rings. The van der Waals surface area contributed by atoms with Gasteiger partial charge in [0.2, 0.25) is 12.3 Å². The van der Waals surface area contributed by atoms with Crippen molar-refractivity contribution >= 4 is 30.5 Å². The van der Waals surface area contributed by atoms with Crippen molar-refractivity contribution in [3.05, 3.63) is 108 Å². The van der Waals surface area contributed by atoms with Gasteiger partial charge >= 0.3 is 18.2 Å². The number of hydrogen-bond donors (Lipinski definition) is 2. The van der Waals surface area contributed by atoms with Crippen LogP contribution in [0.1, 0.15) is 89.3 Å². The number of hydrogen-bond acceptors (Lipinski definition) is 8. The first kappa shape index (κ1) is 44.5. The Morgan fingerprint density at radius 3 is 2.15 bits per heavy atom. The molecule has 4 atom stereocenters. The predicted octanol–water partition coefficient (Wildman–Crippen LogP) is 7.61. The van der Waals surface area contributed by atoms with E-state index in [2.05, 4.69) is 48.7 Å². The molecule has 1 aliphatic carbocycles. The molecule has 1 unspecified atom stereocenters. The maximum Gasteiger partial charge on any atom is 0.408 e. The molecule has 1 saturated heterocycles. The highest BCUT2D eigenvalue weighted by atomic mass is 16.6. The number of nitrogens with one attached hydrogen (secondary N) is 2. The minimum Gasteiger partial charge on any atom is -0.467 e. The normalized spacial score (nSPS) is 16.5. The van der Waals surface area contributed by atoms with Crippen molar-refractivity contribution in [2.24, 2.45) is 11.8 Å². The number of benzene rings is 3. The number of alkyl carbamates (subject to hydrolysis) is 2. The highest BCUT2D eigenvalue weighted by Gasteiger charge is 2.40. The fourth-order valence-electron chi connectivity index (χ4n) is 8.07. The number of nitrogens with zero attached hydrogens (tertiary/aromatic N) is 2. The summed E-state index contributed by atoms with van der Waals surface area (Å²) in [6, 6.07) is 24.5. The second-order valence-electron chi connectivity index (χ2n) is 16.7. The highest BCUT2D eigenvalue weighted by Crippen LogP contribution is 2.44. The Morgan fingerprint density at radius 1 is 0.898 bits per heavy atom. The van der Waals surface area contributed by atoms with Crippen LogP contribution in [0.4, 0.5) is 9.59 Å². The molecule has 2 N–H and O–H groups in total.